The highest BCUT2D eigenvalue weighted by atomic mass is 16.2. The summed E-state index contributed by atoms with van der Waals surface area (Å²) in [4.78, 5) is 51.0. The molecule has 4 bridgehead atoms. The zero-order valence-electron chi connectivity index (χ0n) is 17.0. The summed E-state index contributed by atoms with van der Waals surface area (Å²) in [5, 5.41) is 0. The van der Waals surface area contributed by atoms with Crippen LogP contribution in [0.25, 0.3) is 0 Å². The summed E-state index contributed by atoms with van der Waals surface area (Å²) in [5.41, 5.74) is 5.73. The molecule has 4 aliphatic carbocycles. The highest BCUT2D eigenvalue weighted by Gasteiger charge is 2.54. The van der Waals surface area contributed by atoms with Gasteiger partial charge in [0.2, 0.25) is 11.8 Å². The van der Waals surface area contributed by atoms with Crippen molar-refractivity contribution in [3.05, 3.63) is 35.4 Å². The molecule has 0 unspecified atom stereocenters. The number of carbonyl (C=O) groups is 4. The first-order valence-corrected chi connectivity index (χ1v) is 11.0. The maximum Gasteiger partial charge on any atom is 0.261 e. The van der Waals surface area contributed by atoms with Gasteiger partial charge in [0.25, 0.3) is 11.8 Å². The maximum absolute atomic E-state index is 12.9. The van der Waals surface area contributed by atoms with E-state index in [-0.39, 0.29) is 42.0 Å². The first-order valence-electron chi connectivity index (χ1n) is 11.0. The topological polar surface area (TPSA) is 95.6 Å². The summed E-state index contributed by atoms with van der Waals surface area (Å²) >= 11 is 0. The van der Waals surface area contributed by atoms with E-state index in [9.17, 15) is 19.2 Å². The Bertz CT molecular complexity index is 854. The van der Waals surface area contributed by atoms with Crippen molar-refractivity contribution in [2.45, 2.75) is 51.4 Å². The van der Waals surface area contributed by atoms with Crippen molar-refractivity contribution in [3.63, 3.8) is 0 Å². The van der Waals surface area contributed by atoms with Crippen LogP contribution in [-0.4, -0.2) is 35.1 Å². The molecule has 7 heteroatoms. The Morgan fingerprint density at radius 3 is 1.97 bits per heavy atom. The van der Waals surface area contributed by atoms with Crippen molar-refractivity contribution < 1.29 is 19.2 Å². The molecule has 5 aliphatic rings. The van der Waals surface area contributed by atoms with Crippen LogP contribution in [0.1, 0.15) is 72.1 Å². The molecule has 1 heterocycles. The van der Waals surface area contributed by atoms with Crippen molar-refractivity contribution >= 4 is 23.6 Å². The highest BCUT2D eigenvalue weighted by Crippen LogP contribution is 2.60. The molecule has 4 fully saturated rings. The molecule has 0 saturated heterocycles. The number of rotatable bonds is 5. The van der Waals surface area contributed by atoms with Crippen molar-refractivity contribution in [1.82, 2.24) is 15.8 Å². The second kappa shape index (κ2) is 7.22. The highest BCUT2D eigenvalue weighted by molar-refractivity contribution is 6.21. The minimum atomic E-state index is -0.314. The number of amides is 4. The number of hydrogen-bond acceptors (Lipinski definition) is 4. The number of carbonyl (C=O) groups excluding carboxylic acids is 4. The summed E-state index contributed by atoms with van der Waals surface area (Å²) < 4.78 is 0. The predicted molar refractivity (Wildman–Crippen MR) is 108 cm³/mol. The Morgan fingerprint density at radius 1 is 0.900 bits per heavy atom. The molecule has 0 aromatic heterocycles. The number of hydrazine groups is 1. The lowest BCUT2D eigenvalue weighted by atomic mass is 9.49. The Balaban J connectivity index is 1.09. The van der Waals surface area contributed by atoms with Crippen molar-refractivity contribution in [3.8, 4) is 0 Å². The van der Waals surface area contributed by atoms with E-state index in [1.165, 1.54) is 24.2 Å². The van der Waals surface area contributed by atoms with E-state index in [2.05, 4.69) is 10.9 Å². The van der Waals surface area contributed by atoms with Crippen LogP contribution in [0.3, 0.4) is 0 Å². The number of benzene rings is 1. The molecule has 7 nitrogen and oxygen atoms in total. The normalized spacial score (nSPS) is 31.1. The molecular weight excluding hydrogens is 382 g/mol. The van der Waals surface area contributed by atoms with Gasteiger partial charge in [-0.2, -0.15) is 0 Å². The number of nitrogens with one attached hydrogen (secondary N) is 2. The van der Waals surface area contributed by atoms with E-state index in [0.717, 1.165) is 19.3 Å². The number of imide groups is 1. The second-order valence-electron chi connectivity index (χ2n) is 9.61. The van der Waals surface area contributed by atoms with Crippen LogP contribution in [0.5, 0.6) is 0 Å². The van der Waals surface area contributed by atoms with E-state index in [1.54, 1.807) is 24.3 Å². The molecule has 0 atom stereocenters. The third kappa shape index (κ3) is 3.20. The van der Waals surface area contributed by atoms with Crippen molar-refractivity contribution in [2.24, 2.45) is 23.2 Å². The Morgan fingerprint density at radius 2 is 1.43 bits per heavy atom. The maximum atomic E-state index is 12.9. The Labute approximate surface area is 175 Å². The molecule has 1 aromatic carbocycles. The third-order valence-corrected chi connectivity index (χ3v) is 7.50. The van der Waals surface area contributed by atoms with Gasteiger partial charge in [0.1, 0.15) is 0 Å². The summed E-state index contributed by atoms with van der Waals surface area (Å²) in [7, 11) is 0. The van der Waals surface area contributed by atoms with Crippen LogP contribution in [0.2, 0.25) is 0 Å². The van der Waals surface area contributed by atoms with Crippen LogP contribution in [0, 0.1) is 23.2 Å². The van der Waals surface area contributed by atoms with E-state index < -0.39 is 0 Å². The van der Waals surface area contributed by atoms with Gasteiger partial charge in [-0.1, -0.05) is 12.1 Å². The second-order valence-corrected chi connectivity index (χ2v) is 9.61. The minimum absolute atomic E-state index is 0.0460. The van der Waals surface area contributed by atoms with Crippen LogP contribution in [-0.2, 0) is 9.59 Å². The van der Waals surface area contributed by atoms with Gasteiger partial charge in [0, 0.05) is 13.0 Å². The van der Waals surface area contributed by atoms with Crippen LogP contribution < -0.4 is 10.9 Å². The predicted octanol–water partition coefficient (Wildman–Crippen LogP) is 2.43. The first-order chi connectivity index (χ1) is 14.4. The fourth-order valence-electron chi connectivity index (χ4n) is 6.55. The summed E-state index contributed by atoms with van der Waals surface area (Å²) in [6, 6.07) is 6.74. The largest absolute Gasteiger partial charge is 0.274 e. The molecule has 158 valence electrons. The molecular formula is C23H27N3O4. The van der Waals surface area contributed by atoms with Gasteiger partial charge in [0.05, 0.1) is 16.5 Å². The van der Waals surface area contributed by atoms with Crippen molar-refractivity contribution in [1.29, 1.82) is 0 Å². The molecule has 30 heavy (non-hydrogen) atoms. The van der Waals surface area contributed by atoms with E-state index >= 15 is 0 Å². The van der Waals surface area contributed by atoms with Gasteiger partial charge < -0.3 is 0 Å². The van der Waals surface area contributed by atoms with Gasteiger partial charge in [-0.15, -0.1) is 0 Å². The molecule has 1 aromatic rings. The SMILES string of the molecule is O=C(CCCN1C(=O)c2ccccc2C1=O)NNC(=O)C12CC3CC(CC(C3)C1)C2. The van der Waals surface area contributed by atoms with Gasteiger partial charge in [-0.3, -0.25) is 34.9 Å². The smallest absolute Gasteiger partial charge is 0.261 e. The Kier molecular flexibility index (Phi) is 4.64. The monoisotopic (exact) mass is 409 g/mol. The van der Waals surface area contributed by atoms with Crippen LogP contribution in [0.15, 0.2) is 24.3 Å². The lowest BCUT2D eigenvalue weighted by molar-refractivity contribution is -0.148. The van der Waals surface area contributed by atoms with Gasteiger partial charge in [-0.05, 0) is 74.8 Å². The fourth-order valence-corrected chi connectivity index (χ4v) is 6.55. The molecule has 6 rings (SSSR count). The third-order valence-electron chi connectivity index (χ3n) is 7.50. The van der Waals surface area contributed by atoms with Crippen molar-refractivity contribution in [2.75, 3.05) is 6.54 Å². The average Bonchev–Trinajstić information content (AvgIpc) is 2.96. The van der Waals surface area contributed by atoms with E-state index in [4.69, 9.17) is 0 Å². The van der Waals surface area contributed by atoms with Gasteiger partial charge >= 0.3 is 0 Å². The number of hydrogen-bond donors (Lipinski definition) is 2. The quantitative estimate of drug-likeness (QED) is 0.577. The van der Waals surface area contributed by atoms with Gasteiger partial charge in [-0.25, -0.2) is 0 Å². The fraction of sp³-hybridized carbons (Fsp3) is 0.565. The molecule has 1 aliphatic heterocycles. The number of fused-ring (bicyclic) bond motifs is 1. The summed E-state index contributed by atoms with van der Waals surface area (Å²) in [6.07, 6.45) is 7.10. The van der Waals surface area contributed by atoms with Crippen LogP contribution >= 0.6 is 0 Å². The van der Waals surface area contributed by atoms with Crippen LogP contribution in [0.4, 0.5) is 0 Å². The molecule has 4 saturated carbocycles. The average molecular weight is 409 g/mol. The lowest BCUT2D eigenvalue weighted by Gasteiger charge is -2.55. The van der Waals surface area contributed by atoms with Gasteiger partial charge in [0.15, 0.2) is 0 Å². The van der Waals surface area contributed by atoms with E-state index in [1.807, 2.05) is 0 Å². The lowest BCUT2D eigenvalue weighted by Crippen LogP contribution is -2.56. The standard InChI is InChI=1S/C23H27N3O4/c27-19(6-3-7-26-20(28)17-4-1-2-5-18(17)21(26)29)24-25-22(30)23-11-14-8-15(12-23)10-16(9-14)13-23/h1-2,4-5,14-16H,3,6-13H2,(H,24,27)(H,25,30). The first kappa shape index (κ1) is 19.3. The molecule has 2 N–H and O–H groups in total. The molecule has 0 radical (unpaired) electrons. The zero-order valence-corrected chi connectivity index (χ0v) is 17.0. The molecule has 4 amide bonds. The molecule has 0 spiro atoms. The zero-order chi connectivity index (χ0) is 20.9. The van der Waals surface area contributed by atoms with E-state index in [0.29, 0.717) is 35.3 Å². The summed E-state index contributed by atoms with van der Waals surface area (Å²) in [5.74, 6) is 1.02. The Hall–Kier alpha value is -2.70. The number of nitrogens with zero attached hydrogens (tertiary/aromatic N) is 1. The summed E-state index contributed by atoms with van der Waals surface area (Å²) in [6.45, 7) is 0.183. The minimum Gasteiger partial charge on any atom is -0.274 e.